The number of rotatable bonds is 3. The number of hydrogen-bond donors (Lipinski definition) is 2. The number of benzene rings is 1. The van der Waals surface area contributed by atoms with E-state index >= 15 is 0 Å². The first-order valence-corrected chi connectivity index (χ1v) is 8.02. The second-order valence-electron chi connectivity index (χ2n) is 5.87. The largest absolute Gasteiger partial charge is 0.359 e. The van der Waals surface area contributed by atoms with Crippen LogP contribution >= 0.6 is 0 Å². The molecule has 0 aliphatic carbocycles. The predicted octanol–water partition coefficient (Wildman–Crippen LogP) is 1.91. The predicted molar refractivity (Wildman–Crippen MR) is 97.7 cm³/mol. The van der Waals surface area contributed by atoms with Crippen molar-refractivity contribution in [1.29, 1.82) is 0 Å². The Morgan fingerprint density at radius 3 is 2.81 bits per heavy atom. The highest BCUT2D eigenvalue weighted by atomic mass is 16.2. The summed E-state index contributed by atoms with van der Waals surface area (Å²) >= 11 is 0. The lowest BCUT2D eigenvalue weighted by molar-refractivity contribution is -0.116. The normalized spacial score (nSPS) is 13.1. The molecular weight excluding hydrogens is 332 g/mol. The Kier molecular flexibility index (Phi) is 3.85. The molecule has 1 aliphatic heterocycles. The summed E-state index contributed by atoms with van der Waals surface area (Å²) in [5, 5.41) is 5.77. The smallest absolute Gasteiger partial charge is 0.257 e. The summed E-state index contributed by atoms with van der Waals surface area (Å²) in [6.07, 6.45) is 6.75. The summed E-state index contributed by atoms with van der Waals surface area (Å²) in [5.74, 6) is 0.224. The number of hydrogen-bond acceptors (Lipinski definition) is 5. The van der Waals surface area contributed by atoms with E-state index in [0.29, 0.717) is 22.8 Å². The number of nitrogens with one attached hydrogen (secondary N) is 2. The van der Waals surface area contributed by atoms with Crippen molar-refractivity contribution in [2.24, 2.45) is 0 Å². The molecule has 0 unspecified atom stereocenters. The Morgan fingerprint density at radius 2 is 2.08 bits per heavy atom. The van der Waals surface area contributed by atoms with Crippen molar-refractivity contribution in [3.8, 4) is 5.69 Å². The van der Waals surface area contributed by atoms with E-state index in [-0.39, 0.29) is 18.4 Å². The summed E-state index contributed by atoms with van der Waals surface area (Å²) in [6, 6.07) is 9.06. The molecule has 0 saturated heterocycles. The van der Waals surface area contributed by atoms with Crippen LogP contribution in [-0.4, -0.2) is 39.9 Å². The summed E-state index contributed by atoms with van der Waals surface area (Å²) in [5.41, 5.74) is 2.58. The van der Waals surface area contributed by atoms with Crippen molar-refractivity contribution in [2.75, 3.05) is 29.1 Å². The zero-order valence-electron chi connectivity index (χ0n) is 14.0. The van der Waals surface area contributed by atoms with Crippen LogP contribution in [-0.2, 0) is 4.79 Å². The van der Waals surface area contributed by atoms with Crippen LogP contribution in [0.3, 0.4) is 0 Å². The maximum Gasteiger partial charge on any atom is 0.257 e. The van der Waals surface area contributed by atoms with Gasteiger partial charge in [0.25, 0.3) is 5.91 Å². The first-order valence-electron chi connectivity index (χ1n) is 8.02. The van der Waals surface area contributed by atoms with Gasteiger partial charge in [-0.25, -0.2) is 9.97 Å². The molecule has 4 rings (SSSR count). The van der Waals surface area contributed by atoms with E-state index in [0.717, 1.165) is 5.69 Å². The summed E-state index contributed by atoms with van der Waals surface area (Å²) in [4.78, 5) is 34.0. The van der Waals surface area contributed by atoms with Gasteiger partial charge in [0.1, 0.15) is 5.82 Å². The highest BCUT2D eigenvalue weighted by Crippen LogP contribution is 2.27. The van der Waals surface area contributed by atoms with Gasteiger partial charge in [-0.3, -0.25) is 9.59 Å². The van der Waals surface area contributed by atoms with Crippen LogP contribution in [0.2, 0.25) is 0 Å². The van der Waals surface area contributed by atoms with Crippen LogP contribution in [0.5, 0.6) is 0 Å². The van der Waals surface area contributed by atoms with Crippen molar-refractivity contribution >= 4 is 29.0 Å². The van der Waals surface area contributed by atoms with Crippen LogP contribution in [0.1, 0.15) is 10.4 Å². The molecule has 0 bridgehead atoms. The first-order chi connectivity index (χ1) is 12.6. The number of anilines is 3. The molecule has 0 saturated carbocycles. The Labute approximate surface area is 149 Å². The molecule has 2 N–H and O–H groups in total. The minimum Gasteiger partial charge on any atom is -0.359 e. The van der Waals surface area contributed by atoms with Gasteiger partial charge in [0.05, 0.1) is 24.1 Å². The molecule has 8 heteroatoms. The molecule has 0 radical (unpaired) electrons. The molecular formula is C18H16N6O2. The molecule has 2 aromatic heterocycles. The topological polar surface area (TPSA) is 92.1 Å². The molecule has 0 fully saturated rings. The van der Waals surface area contributed by atoms with Crippen molar-refractivity contribution in [3.63, 3.8) is 0 Å². The maximum absolute atomic E-state index is 12.5. The van der Waals surface area contributed by atoms with Gasteiger partial charge in [0.2, 0.25) is 5.91 Å². The number of imidazole rings is 1. The van der Waals surface area contributed by atoms with Crippen LogP contribution in [0, 0.1) is 0 Å². The highest BCUT2D eigenvalue weighted by molar-refractivity contribution is 6.07. The second-order valence-corrected chi connectivity index (χ2v) is 5.87. The zero-order chi connectivity index (χ0) is 18.1. The van der Waals surface area contributed by atoms with Gasteiger partial charge in [-0.15, -0.1) is 0 Å². The lowest BCUT2D eigenvalue weighted by atomic mass is 10.2. The van der Waals surface area contributed by atoms with E-state index in [2.05, 4.69) is 20.6 Å². The molecule has 0 atom stereocenters. The molecule has 130 valence electrons. The Morgan fingerprint density at radius 1 is 1.27 bits per heavy atom. The summed E-state index contributed by atoms with van der Waals surface area (Å²) < 4.78 is 1.87. The Hall–Kier alpha value is -3.68. The minimum absolute atomic E-state index is 0.0769. The van der Waals surface area contributed by atoms with Gasteiger partial charge in [-0.2, -0.15) is 0 Å². The van der Waals surface area contributed by atoms with Gasteiger partial charge < -0.3 is 20.1 Å². The number of likely N-dealkylation sites (N-methyl/N-ethyl adjacent to an activating group) is 1. The van der Waals surface area contributed by atoms with Crippen LogP contribution in [0.4, 0.5) is 17.2 Å². The van der Waals surface area contributed by atoms with E-state index in [9.17, 15) is 9.59 Å². The number of carbonyl (C=O) groups is 2. The average molecular weight is 348 g/mol. The molecule has 2 amide bonds. The Bertz CT molecular complexity index is 966. The number of aromatic nitrogens is 3. The standard InChI is InChI=1S/C18H16N6O2/c1-23-15-8-12(9-20-17(15)21-10-16(23)25)18(26)22-13-2-4-14(5-3-13)24-7-6-19-11-24/h2-9,11H,10H2,1H3,(H,20,21)(H,22,26). The second kappa shape index (κ2) is 6.32. The Balaban J connectivity index is 1.52. The number of pyridine rings is 1. The number of amides is 2. The van der Waals surface area contributed by atoms with Crippen molar-refractivity contribution < 1.29 is 9.59 Å². The maximum atomic E-state index is 12.5. The highest BCUT2D eigenvalue weighted by Gasteiger charge is 2.22. The third-order valence-electron chi connectivity index (χ3n) is 4.20. The van der Waals surface area contributed by atoms with Gasteiger partial charge >= 0.3 is 0 Å². The molecule has 0 spiro atoms. The van der Waals surface area contributed by atoms with E-state index in [1.54, 1.807) is 25.6 Å². The molecule has 1 aliphatic rings. The number of nitrogens with zero attached hydrogens (tertiary/aromatic N) is 4. The van der Waals surface area contributed by atoms with E-state index < -0.39 is 0 Å². The molecule has 8 nitrogen and oxygen atoms in total. The lowest BCUT2D eigenvalue weighted by Gasteiger charge is -2.26. The average Bonchev–Trinajstić information content (AvgIpc) is 3.20. The minimum atomic E-state index is -0.290. The van der Waals surface area contributed by atoms with Crippen molar-refractivity contribution in [1.82, 2.24) is 14.5 Å². The lowest BCUT2D eigenvalue weighted by Crippen LogP contribution is -2.37. The van der Waals surface area contributed by atoms with Gasteiger partial charge in [-0.05, 0) is 30.3 Å². The van der Waals surface area contributed by atoms with Gasteiger partial charge in [-0.1, -0.05) is 0 Å². The molecule has 3 heterocycles. The zero-order valence-corrected chi connectivity index (χ0v) is 14.0. The number of carbonyl (C=O) groups excluding carboxylic acids is 2. The fraction of sp³-hybridized carbons (Fsp3) is 0.111. The van der Waals surface area contributed by atoms with E-state index in [1.165, 1.54) is 11.1 Å². The third-order valence-corrected chi connectivity index (χ3v) is 4.20. The van der Waals surface area contributed by atoms with Crippen LogP contribution < -0.4 is 15.5 Å². The molecule has 26 heavy (non-hydrogen) atoms. The van der Waals surface area contributed by atoms with Crippen molar-refractivity contribution in [3.05, 3.63) is 60.8 Å². The van der Waals surface area contributed by atoms with E-state index in [4.69, 9.17) is 0 Å². The van der Waals surface area contributed by atoms with Crippen LogP contribution in [0.25, 0.3) is 5.69 Å². The van der Waals surface area contributed by atoms with Crippen molar-refractivity contribution in [2.45, 2.75) is 0 Å². The first kappa shape index (κ1) is 15.8. The van der Waals surface area contributed by atoms with Gasteiger partial charge in [0, 0.05) is 37.0 Å². The third kappa shape index (κ3) is 2.88. The molecule has 3 aromatic rings. The summed E-state index contributed by atoms with van der Waals surface area (Å²) in [6.45, 7) is 0.200. The number of fused-ring (bicyclic) bond motifs is 1. The van der Waals surface area contributed by atoms with Gasteiger partial charge in [0.15, 0.2) is 0 Å². The fourth-order valence-electron chi connectivity index (χ4n) is 2.71. The molecule has 1 aromatic carbocycles. The SMILES string of the molecule is CN1C(=O)CNc2ncc(C(=O)Nc3ccc(-n4ccnc4)cc3)cc21. The summed E-state index contributed by atoms with van der Waals surface area (Å²) in [7, 11) is 1.67. The monoisotopic (exact) mass is 348 g/mol. The fourth-order valence-corrected chi connectivity index (χ4v) is 2.71. The quantitative estimate of drug-likeness (QED) is 0.754. The van der Waals surface area contributed by atoms with E-state index in [1.807, 2.05) is 35.0 Å². The van der Waals surface area contributed by atoms with Crippen LogP contribution in [0.15, 0.2) is 55.2 Å².